The van der Waals surface area contributed by atoms with E-state index < -0.39 is 0 Å². The maximum Gasteiger partial charge on any atom is 0.237 e. The van der Waals surface area contributed by atoms with Gasteiger partial charge in [-0.3, -0.25) is 0 Å². The zero-order chi connectivity index (χ0) is 20.2. The quantitative estimate of drug-likeness (QED) is 0.401. The van der Waals surface area contributed by atoms with E-state index in [9.17, 15) is 0 Å². The lowest BCUT2D eigenvalue weighted by molar-refractivity contribution is 0.355. The average molecular weight is 428 g/mol. The van der Waals surface area contributed by atoms with Gasteiger partial charge in [-0.1, -0.05) is 30.8 Å². The highest BCUT2D eigenvalue weighted by Crippen LogP contribution is 2.27. The molecule has 152 valence electrons. The summed E-state index contributed by atoms with van der Waals surface area (Å²) in [6.45, 7) is 6.71. The highest BCUT2D eigenvalue weighted by atomic mass is 32.2. The molecule has 3 heterocycles. The predicted molar refractivity (Wildman–Crippen MR) is 118 cm³/mol. The van der Waals surface area contributed by atoms with Gasteiger partial charge >= 0.3 is 0 Å². The fraction of sp³-hybridized carbons (Fsp3) is 0.429. The fourth-order valence-electron chi connectivity index (χ4n) is 3.72. The van der Waals surface area contributed by atoms with Crippen molar-refractivity contribution in [3.63, 3.8) is 0 Å². The van der Waals surface area contributed by atoms with Gasteiger partial charge in [-0.05, 0) is 54.8 Å². The molecule has 0 bridgehead atoms. The van der Waals surface area contributed by atoms with Crippen molar-refractivity contribution in [1.29, 1.82) is 0 Å². The highest BCUT2D eigenvalue weighted by Gasteiger charge is 2.23. The van der Waals surface area contributed by atoms with Crippen LogP contribution in [0.15, 0.2) is 51.1 Å². The Hall–Kier alpha value is -2.06. The molecule has 6 nitrogen and oxygen atoms in total. The van der Waals surface area contributed by atoms with E-state index >= 15 is 0 Å². The molecule has 1 aliphatic rings. The minimum Gasteiger partial charge on any atom is -0.356 e. The molecule has 0 N–H and O–H groups in total. The molecule has 1 aromatic carbocycles. The van der Waals surface area contributed by atoms with Gasteiger partial charge in [0.1, 0.15) is 5.82 Å². The number of aromatic nitrogens is 4. The Morgan fingerprint density at radius 2 is 1.83 bits per heavy atom. The smallest absolute Gasteiger partial charge is 0.237 e. The Labute approximate surface area is 179 Å². The molecule has 0 spiro atoms. The van der Waals surface area contributed by atoms with Gasteiger partial charge in [-0.25, -0.2) is 9.97 Å². The zero-order valence-electron chi connectivity index (χ0n) is 16.9. The summed E-state index contributed by atoms with van der Waals surface area (Å²) in [7, 11) is 0. The third-order valence-corrected chi connectivity index (χ3v) is 6.54. The molecule has 0 saturated carbocycles. The van der Waals surface area contributed by atoms with Crippen molar-refractivity contribution in [2.45, 2.75) is 36.1 Å². The maximum absolute atomic E-state index is 5.42. The van der Waals surface area contributed by atoms with Crippen molar-refractivity contribution in [3.05, 3.63) is 42.4 Å². The standard InChI is InChI=1S/C21H25N5OS2/c1-14-10-15(2)12-26(11-14)18-8-9-22-21(23-18)29-13-19-24-20(25-27-19)16-4-6-17(28-3)7-5-16/h4-9,14-15H,10-13H2,1-3H3. The normalized spacial score (nSPS) is 19.5. The van der Waals surface area contributed by atoms with E-state index in [0.717, 1.165) is 29.6 Å². The Balaban J connectivity index is 1.40. The third-order valence-electron chi connectivity index (χ3n) is 4.95. The van der Waals surface area contributed by atoms with Crippen LogP contribution in [0, 0.1) is 11.8 Å². The fourth-order valence-corrected chi connectivity index (χ4v) is 4.80. The van der Waals surface area contributed by atoms with Gasteiger partial charge in [-0.15, -0.1) is 11.8 Å². The molecule has 4 rings (SSSR count). The molecular weight excluding hydrogens is 402 g/mol. The summed E-state index contributed by atoms with van der Waals surface area (Å²) < 4.78 is 5.42. The van der Waals surface area contributed by atoms with Crippen LogP contribution >= 0.6 is 23.5 Å². The van der Waals surface area contributed by atoms with Crippen LogP contribution in [-0.4, -0.2) is 39.5 Å². The van der Waals surface area contributed by atoms with Crippen molar-refractivity contribution in [3.8, 4) is 11.4 Å². The topological polar surface area (TPSA) is 67.9 Å². The van der Waals surface area contributed by atoms with E-state index in [-0.39, 0.29) is 0 Å². The van der Waals surface area contributed by atoms with Gasteiger partial charge < -0.3 is 9.42 Å². The first-order valence-electron chi connectivity index (χ1n) is 9.78. The van der Waals surface area contributed by atoms with Crippen LogP contribution in [0.2, 0.25) is 0 Å². The lowest BCUT2D eigenvalue weighted by Gasteiger charge is -2.35. The number of hydrogen-bond acceptors (Lipinski definition) is 8. The van der Waals surface area contributed by atoms with Crippen LogP contribution in [0.4, 0.5) is 5.82 Å². The van der Waals surface area contributed by atoms with Gasteiger partial charge in [0.05, 0.1) is 5.75 Å². The van der Waals surface area contributed by atoms with Crippen LogP contribution in [0.3, 0.4) is 0 Å². The molecule has 0 aliphatic carbocycles. The van der Waals surface area contributed by atoms with Crippen molar-refractivity contribution >= 4 is 29.3 Å². The van der Waals surface area contributed by atoms with Crippen molar-refractivity contribution < 1.29 is 4.52 Å². The van der Waals surface area contributed by atoms with Gasteiger partial charge in [0.2, 0.25) is 11.7 Å². The first kappa shape index (κ1) is 20.2. The molecule has 1 fully saturated rings. The van der Waals surface area contributed by atoms with E-state index in [1.165, 1.54) is 23.1 Å². The average Bonchev–Trinajstić information content (AvgIpc) is 3.21. The number of anilines is 1. The number of thioether (sulfide) groups is 2. The highest BCUT2D eigenvalue weighted by molar-refractivity contribution is 7.98. The first-order chi connectivity index (χ1) is 14.1. The Morgan fingerprint density at radius 3 is 2.55 bits per heavy atom. The van der Waals surface area contributed by atoms with Gasteiger partial charge in [0.15, 0.2) is 5.16 Å². The molecule has 1 aliphatic heterocycles. The molecule has 2 atom stereocenters. The Kier molecular flexibility index (Phi) is 6.40. The minimum atomic E-state index is 0.548. The monoisotopic (exact) mass is 427 g/mol. The van der Waals surface area contributed by atoms with E-state index in [1.54, 1.807) is 11.8 Å². The molecule has 8 heteroatoms. The summed E-state index contributed by atoms with van der Waals surface area (Å²) in [4.78, 5) is 17.2. The van der Waals surface area contributed by atoms with Crippen LogP contribution in [0.5, 0.6) is 0 Å². The summed E-state index contributed by atoms with van der Waals surface area (Å²) >= 11 is 3.23. The second-order valence-electron chi connectivity index (χ2n) is 7.58. The SMILES string of the molecule is CSc1ccc(-c2noc(CSc3nccc(N4CC(C)CC(C)C4)n3)n2)cc1. The van der Waals surface area contributed by atoms with Crippen LogP contribution in [-0.2, 0) is 5.75 Å². The number of benzene rings is 1. The molecule has 29 heavy (non-hydrogen) atoms. The van der Waals surface area contributed by atoms with Gasteiger partial charge in [0.25, 0.3) is 0 Å². The van der Waals surface area contributed by atoms with E-state index in [4.69, 9.17) is 9.51 Å². The maximum atomic E-state index is 5.42. The molecule has 3 aromatic rings. The van der Waals surface area contributed by atoms with Crippen LogP contribution < -0.4 is 4.90 Å². The number of nitrogens with zero attached hydrogens (tertiary/aromatic N) is 5. The van der Waals surface area contributed by atoms with Crippen LogP contribution in [0.1, 0.15) is 26.2 Å². The van der Waals surface area contributed by atoms with Gasteiger partial charge in [-0.2, -0.15) is 4.98 Å². The lowest BCUT2D eigenvalue weighted by atomic mass is 9.92. The first-order valence-corrected chi connectivity index (χ1v) is 12.0. The van der Waals surface area contributed by atoms with Crippen molar-refractivity contribution in [1.82, 2.24) is 20.1 Å². The van der Waals surface area contributed by atoms with E-state index in [1.807, 2.05) is 24.4 Å². The molecule has 2 unspecified atom stereocenters. The largest absolute Gasteiger partial charge is 0.356 e. The molecular formula is C21H25N5OS2. The van der Waals surface area contributed by atoms with Crippen LogP contribution in [0.25, 0.3) is 11.4 Å². The third kappa shape index (κ3) is 5.11. The van der Waals surface area contributed by atoms with E-state index in [0.29, 0.717) is 29.3 Å². The van der Waals surface area contributed by atoms with Crippen molar-refractivity contribution in [2.24, 2.45) is 11.8 Å². The summed E-state index contributed by atoms with van der Waals surface area (Å²) in [5.74, 6) is 4.11. The minimum absolute atomic E-state index is 0.548. The predicted octanol–water partition coefficient (Wildman–Crippen LogP) is 5.02. The Bertz CT molecular complexity index is 936. The lowest BCUT2D eigenvalue weighted by Crippen LogP contribution is -2.39. The van der Waals surface area contributed by atoms with Gasteiger partial charge in [0, 0.05) is 29.7 Å². The second kappa shape index (κ2) is 9.17. The summed E-state index contributed by atoms with van der Waals surface area (Å²) in [5, 5.41) is 4.84. The summed E-state index contributed by atoms with van der Waals surface area (Å²) in [6, 6.07) is 10.2. The molecule has 2 aromatic heterocycles. The number of piperidine rings is 1. The molecule has 1 saturated heterocycles. The number of rotatable bonds is 6. The second-order valence-corrected chi connectivity index (χ2v) is 9.40. The van der Waals surface area contributed by atoms with Crippen molar-refractivity contribution in [2.75, 3.05) is 24.2 Å². The number of hydrogen-bond donors (Lipinski definition) is 0. The zero-order valence-corrected chi connectivity index (χ0v) is 18.5. The summed E-state index contributed by atoms with van der Waals surface area (Å²) in [6.07, 6.45) is 5.17. The Morgan fingerprint density at radius 1 is 1.07 bits per heavy atom. The van der Waals surface area contributed by atoms with E-state index in [2.05, 4.69) is 52.3 Å². The molecule has 0 radical (unpaired) electrons. The summed E-state index contributed by atoms with van der Waals surface area (Å²) in [5.41, 5.74) is 0.953. The molecule has 0 amide bonds.